The maximum atomic E-state index is 12.1. The predicted molar refractivity (Wildman–Crippen MR) is 107 cm³/mol. The first-order chi connectivity index (χ1) is 13.5. The van der Waals surface area contributed by atoms with Gasteiger partial charge < -0.3 is 20.1 Å². The van der Waals surface area contributed by atoms with E-state index in [1.54, 1.807) is 6.07 Å². The summed E-state index contributed by atoms with van der Waals surface area (Å²) in [5.74, 6) is 1.02. The molecule has 0 bridgehead atoms. The first kappa shape index (κ1) is 21.0. The van der Waals surface area contributed by atoms with Crippen molar-refractivity contribution in [3.63, 3.8) is 0 Å². The second-order valence-corrected chi connectivity index (χ2v) is 5.89. The Kier molecular flexibility index (Phi) is 7.62. The van der Waals surface area contributed by atoms with Gasteiger partial charge in [0.1, 0.15) is 0 Å². The van der Waals surface area contributed by atoms with Gasteiger partial charge in [0.25, 0.3) is 11.6 Å². The van der Waals surface area contributed by atoms with Crippen molar-refractivity contribution in [2.75, 3.05) is 32.1 Å². The van der Waals surface area contributed by atoms with Gasteiger partial charge in [0, 0.05) is 31.4 Å². The highest BCUT2D eigenvalue weighted by Crippen LogP contribution is 2.29. The Bertz CT molecular complexity index is 839. The van der Waals surface area contributed by atoms with E-state index in [9.17, 15) is 14.9 Å². The maximum absolute atomic E-state index is 12.1. The number of non-ortho nitro benzene ring substituents is 1. The Morgan fingerprint density at radius 1 is 1.07 bits per heavy atom. The Morgan fingerprint density at radius 2 is 1.79 bits per heavy atom. The quantitative estimate of drug-likeness (QED) is 0.478. The number of anilines is 1. The highest BCUT2D eigenvalue weighted by molar-refractivity contribution is 6.00. The summed E-state index contributed by atoms with van der Waals surface area (Å²) in [4.78, 5) is 22.5. The molecule has 8 heteroatoms. The number of nitrogens with zero attached hydrogens (tertiary/aromatic N) is 1. The van der Waals surface area contributed by atoms with Gasteiger partial charge in [-0.1, -0.05) is 6.07 Å². The van der Waals surface area contributed by atoms with Crippen LogP contribution in [0.25, 0.3) is 0 Å². The molecular formula is C20H25N3O5. The Labute approximate surface area is 164 Å². The van der Waals surface area contributed by atoms with Crippen molar-refractivity contribution in [3.8, 4) is 11.5 Å². The predicted octanol–water partition coefficient (Wildman–Crippen LogP) is 3.41. The van der Waals surface area contributed by atoms with Crippen molar-refractivity contribution in [1.82, 2.24) is 5.32 Å². The molecule has 2 rings (SSSR count). The Balaban J connectivity index is 2.11. The molecule has 0 atom stereocenters. The largest absolute Gasteiger partial charge is 0.490 e. The number of hydrogen-bond acceptors (Lipinski definition) is 6. The number of ether oxygens (including phenoxy) is 2. The molecule has 28 heavy (non-hydrogen) atoms. The molecular weight excluding hydrogens is 362 g/mol. The lowest BCUT2D eigenvalue weighted by Crippen LogP contribution is -2.20. The van der Waals surface area contributed by atoms with Gasteiger partial charge in [0.2, 0.25) is 0 Å². The molecule has 1 amide bonds. The summed E-state index contributed by atoms with van der Waals surface area (Å²) in [6, 6.07) is 9.97. The molecule has 0 aliphatic heterocycles. The van der Waals surface area contributed by atoms with E-state index in [1.807, 2.05) is 32.0 Å². The molecule has 0 aliphatic carbocycles. The van der Waals surface area contributed by atoms with Crippen LogP contribution in [0.1, 0.15) is 29.8 Å². The minimum absolute atomic E-state index is 0.128. The molecule has 150 valence electrons. The van der Waals surface area contributed by atoms with Gasteiger partial charge in [-0.15, -0.1) is 0 Å². The summed E-state index contributed by atoms with van der Waals surface area (Å²) in [6.07, 6.45) is 0.677. The highest BCUT2D eigenvalue weighted by Gasteiger charge is 2.15. The fraction of sp³-hybridized carbons (Fsp3) is 0.350. The van der Waals surface area contributed by atoms with Crippen LogP contribution in [0.4, 0.5) is 11.4 Å². The van der Waals surface area contributed by atoms with Crippen LogP contribution < -0.4 is 20.1 Å². The van der Waals surface area contributed by atoms with Gasteiger partial charge in [-0.3, -0.25) is 14.9 Å². The van der Waals surface area contributed by atoms with Gasteiger partial charge in [-0.2, -0.15) is 0 Å². The number of carbonyl (C=O) groups is 1. The number of carbonyl (C=O) groups excluding carboxylic acids is 1. The zero-order valence-corrected chi connectivity index (χ0v) is 16.3. The number of amides is 1. The Morgan fingerprint density at radius 3 is 2.43 bits per heavy atom. The van der Waals surface area contributed by atoms with Crippen molar-refractivity contribution in [2.24, 2.45) is 0 Å². The van der Waals surface area contributed by atoms with E-state index in [4.69, 9.17) is 9.47 Å². The number of hydrogen-bond donors (Lipinski definition) is 2. The average Bonchev–Trinajstić information content (AvgIpc) is 2.69. The third kappa shape index (κ3) is 5.35. The molecule has 0 heterocycles. The van der Waals surface area contributed by atoms with Crippen LogP contribution in [-0.4, -0.2) is 37.6 Å². The van der Waals surface area contributed by atoms with Crippen molar-refractivity contribution in [1.29, 1.82) is 0 Å². The third-order valence-electron chi connectivity index (χ3n) is 4.02. The molecule has 8 nitrogen and oxygen atoms in total. The van der Waals surface area contributed by atoms with Gasteiger partial charge in [0.05, 0.1) is 23.7 Å². The molecule has 0 saturated heterocycles. The monoisotopic (exact) mass is 387 g/mol. The molecule has 0 radical (unpaired) electrons. The third-order valence-corrected chi connectivity index (χ3v) is 4.02. The lowest BCUT2D eigenvalue weighted by Gasteiger charge is -2.14. The summed E-state index contributed by atoms with van der Waals surface area (Å²) in [5.41, 5.74) is 1.69. The summed E-state index contributed by atoms with van der Waals surface area (Å²) in [6.45, 7) is 5.48. The second kappa shape index (κ2) is 10.1. The van der Waals surface area contributed by atoms with Crippen LogP contribution in [0.5, 0.6) is 11.5 Å². The molecule has 2 aromatic carbocycles. The standard InChI is InChI=1S/C20H25N3O5/c1-4-27-18-9-6-14(12-19(18)28-5-2)10-11-22-17-8-7-15(23(25)26)13-16(17)20(24)21-3/h6-9,12-13,22H,4-5,10-11H2,1-3H3,(H,21,24). The molecule has 0 saturated carbocycles. The Hall–Kier alpha value is -3.29. The van der Waals surface area contributed by atoms with Crippen LogP contribution in [0.3, 0.4) is 0 Å². The molecule has 0 fully saturated rings. The van der Waals surface area contributed by atoms with Crippen LogP contribution in [0.2, 0.25) is 0 Å². The van der Waals surface area contributed by atoms with Crippen molar-refractivity contribution in [2.45, 2.75) is 20.3 Å². The smallest absolute Gasteiger partial charge is 0.270 e. The molecule has 0 spiro atoms. The van der Waals surface area contributed by atoms with Gasteiger partial charge in [-0.05, 0) is 44.0 Å². The van der Waals surface area contributed by atoms with E-state index in [0.29, 0.717) is 43.4 Å². The first-order valence-electron chi connectivity index (χ1n) is 9.13. The van der Waals surface area contributed by atoms with E-state index in [0.717, 1.165) is 5.56 Å². The zero-order valence-electron chi connectivity index (χ0n) is 16.3. The van der Waals surface area contributed by atoms with Crippen molar-refractivity contribution >= 4 is 17.3 Å². The lowest BCUT2D eigenvalue weighted by atomic mass is 10.1. The number of nitro benzene ring substituents is 1. The highest BCUT2D eigenvalue weighted by atomic mass is 16.6. The SMILES string of the molecule is CCOc1ccc(CCNc2ccc([N+](=O)[O-])cc2C(=O)NC)cc1OCC. The van der Waals surface area contributed by atoms with E-state index < -0.39 is 4.92 Å². The maximum Gasteiger partial charge on any atom is 0.270 e. The van der Waals surface area contributed by atoms with Crippen LogP contribution in [0, 0.1) is 10.1 Å². The first-order valence-corrected chi connectivity index (χ1v) is 9.13. The minimum atomic E-state index is -0.522. The second-order valence-electron chi connectivity index (χ2n) is 5.89. The van der Waals surface area contributed by atoms with Crippen LogP contribution >= 0.6 is 0 Å². The summed E-state index contributed by atoms with van der Waals surface area (Å²) < 4.78 is 11.2. The average molecular weight is 387 g/mol. The molecule has 0 aliphatic rings. The molecule has 0 unspecified atom stereocenters. The number of benzene rings is 2. The fourth-order valence-electron chi connectivity index (χ4n) is 2.72. The molecule has 2 N–H and O–H groups in total. The summed E-state index contributed by atoms with van der Waals surface area (Å²) in [5, 5.41) is 16.6. The van der Waals surface area contributed by atoms with Crippen molar-refractivity contribution < 1.29 is 19.2 Å². The topological polar surface area (TPSA) is 103 Å². The van der Waals surface area contributed by atoms with Gasteiger partial charge >= 0.3 is 0 Å². The van der Waals surface area contributed by atoms with Gasteiger partial charge in [0.15, 0.2) is 11.5 Å². The zero-order chi connectivity index (χ0) is 20.5. The number of nitro groups is 1. The summed E-state index contributed by atoms with van der Waals surface area (Å²) >= 11 is 0. The van der Waals surface area contributed by atoms with Crippen LogP contribution in [-0.2, 0) is 6.42 Å². The van der Waals surface area contributed by atoms with Gasteiger partial charge in [-0.25, -0.2) is 0 Å². The number of nitrogens with one attached hydrogen (secondary N) is 2. The van der Waals surface area contributed by atoms with E-state index in [2.05, 4.69) is 10.6 Å². The van der Waals surface area contributed by atoms with Crippen LogP contribution in [0.15, 0.2) is 36.4 Å². The molecule has 2 aromatic rings. The normalized spacial score (nSPS) is 10.2. The molecule has 0 aromatic heterocycles. The number of rotatable bonds is 10. The lowest BCUT2D eigenvalue weighted by molar-refractivity contribution is -0.384. The minimum Gasteiger partial charge on any atom is -0.490 e. The fourth-order valence-corrected chi connectivity index (χ4v) is 2.72. The van der Waals surface area contributed by atoms with E-state index >= 15 is 0 Å². The van der Waals surface area contributed by atoms with E-state index in [-0.39, 0.29) is 17.2 Å². The van der Waals surface area contributed by atoms with E-state index in [1.165, 1.54) is 19.2 Å². The summed E-state index contributed by atoms with van der Waals surface area (Å²) in [7, 11) is 1.49. The van der Waals surface area contributed by atoms with Crippen molar-refractivity contribution in [3.05, 3.63) is 57.6 Å².